The predicted octanol–water partition coefficient (Wildman–Crippen LogP) is 1.40. The number of hydrogen-bond donors (Lipinski definition) is 0. The molecule has 1 aliphatic heterocycles. The number of hydrogen-bond acceptors (Lipinski definition) is 7. The molecule has 0 saturated carbocycles. The van der Waals surface area contributed by atoms with E-state index in [2.05, 4.69) is 0 Å². The lowest BCUT2D eigenvalue weighted by atomic mass is 9.79. The Labute approximate surface area is 154 Å². The third-order valence-corrected chi connectivity index (χ3v) is 4.36. The second-order valence-electron chi connectivity index (χ2n) is 6.07. The summed E-state index contributed by atoms with van der Waals surface area (Å²) in [5, 5.41) is 0. The van der Waals surface area contributed by atoms with Crippen LogP contribution in [0.4, 0.5) is 9.59 Å². The fraction of sp³-hybridized carbons (Fsp3) is 0.467. The number of aromatic nitrogens is 3. The van der Waals surface area contributed by atoms with E-state index in [0.29, 0.717) is 24.2 Å². The highest BCUT2D eigenvalue weighted by Crippen LogP contribution is 2.15. The summed E-state index contributed by atoms with van der Waals surface area (Å²) < 4.78 is 20.3. The van der Waals surface area contributed by atoms with Crippen molar-refractivity contribution in [3.8, 4) is 0 Å². The van der Waals surface area contributed by atoms with Crippen LogP contribution in [0, 0.1) is 4.77 Å². The Hall–Kier alpha value is -2.40. The number of ether oxygens (including phenoxy) is 3. The molecule has 0 unspecified atom stereocenters. The maximum Gasteiger partial charge on any atom is 0.392 e. The molecule has 3 rings (SSSR count). The molecule has 0 aromatic carbocycles. The summed E-state index contributed by atoms with van der Waals surface area (Å²) in [7, 11) is -0.524. The summed E-state index contributed by atoms with van der Waals surface area (Å²) in [4.78, 5) is 36.2. The van der Waals surface area contributed by atoms with Crippen molar-refractivity contribution in [2.24, 2.45) is 0 Å². The fourth-order valence-corrected chi connectivity index (χ4v) is 3.02. The topological polar surface area (TPSA) is 93.7 Å². The lowest BCUT2D eigenvalue weighted by molar-refractivity contribution is 0.0722. The zero-order valence-electron chi connectivity index (χ0n) is 14.5. The van der Waals surface area contributed by atoms with Crippen LogP contribution in [0.5, 0.6) is 0 Å². The van der Waals surface area contributed by atoms with Gasteiger partial charge in [-0.15, -0.1) is 0 Å². The van der Waals surface area contributed by atoms with Gasteiger partial charge in [0.2, 0.25) is 0 Å². The summed E-state index contributed by atoms with van der Waals surface area (Å²) in [5.74, 6) is -1.50. The average Bonchev–Trinajstić information content (AvgIpc) is 2.98. The molecule has 26 heavy (non-hydrogen) atoms. The molecule has 0 saturated heterocycles. The molecule has 3 heterocycles. The molecule has 0 amide bonds. The molecule has 0 aliphatic carbocycles. The number of nitrogens with zero attached hydrogens (tertiary/aromatic N) is 3. The van der Waals surface area contributed by atoms with Crippen LogP contribution in [0.2, 0.25) is 0 Å². The van der Waals surface area contributed by atoms with Crippen LogP contribution in [0.1, 0.15) is 13.8 Å². The van der Waals surface area contributed by atoms with Gasteiger partial charge in [0.1, 0.15) is 5.52 Å². The highest BCUT2D eigenvalue weighted by atomic mass is 32.1. The SMILES string of the molecule is CC(C)OCCn1c(=S)n2c(=O)c3c1ccn3COC(=O)BC(=O)OC2. The second kappa shape index (κ2) is 7.46. The minimum absolute atomic E-state index is 0.0599. The Balaban J connectivity index is 2.13. The molecule has 1 aliphatic rings. The molecule has 138 valence electrons. The van der Waals surface area contributed by atoms with Gasteiger partial charge < -0.3 is 23.3 Å². The minimum atomic E-state index is -0.780. The summed E-state index contributed by atoms with van der Waals surface area (Å²) in [6.45, 7) is 4.13. The summed E-state index contributed by atoms with van der Waals surface area (Å²) in [6, 6.07) is 1.73. The zero-order chi connectivity index (χ0) is 18.8. The second-order valence-corrected chi connectivity index (χ2v) is 6.44. The van der Waals surface area contributed by atoms with E-state index in [4.69, 9.17) is 26.4 Å². The average molecular weight is 379 g/mol. The van der Waals surface area contributed by atoms with Gasteiger partial charge >= 0.3 is 7.28 Å². The van der Waals surface area contributed by atoms with Gasteiger partial charge in [0.15, 0.2) is 18.2 Å². The van der Waals surface area contributed by atoms with Crippen molar-refractivity contribution in [2.45, 2.75) is 40.0 Å². The number of fused-ring (bicyclic) bond motifs is 1. The van der Waals surface area contributed by atoms with Crippen molar-refractivity contribution < 1.29 is 23.8 Å². The van der Waals surface area contributed by atoms with Crippen molar-refractivity contribution >= 4 is 42.3 Å². The van der Waals surface area contributed by atoms with Gasteiger partial charge in [-0.05, 0) is 32.1 Å². The smallest absolute Gasteiger partial charge is 0.392 e. The zero-order valence-corrected chi connectivity index (χ0v) is 15.3. The van der Waals surface area contributed by atoms with Crippen LogP contribution >= 0.6 is 12.2 Å². The Morgan fingerprint density at radius 1 is 1.23 bits per heavy atom. The van der Waals surface area contributed by atoms with Gasteiger partial charge in [-0.2, -0.15) is 0 Å². The summed E-state index contributed by atoms with van der Waals surface area (Å²) in [6.07, 6.45) is 1.70. The van der Waals surface area contributed by atoms with Gasteiger partial charge in [-0.25, -0.2) is 4.57 Å². The van der Waals surface area contributed by atoms with Crippen molar-refractivity contribution in [1.29, 1.82) is 0 Å². The summed E-state index contributed by atoms with van der Waals surface area (Å²) >= 11 is 5.43. The Morgan fingerprint density at radius 3 is 2.62 bits per heavy atom. The predicted molar refractivity (Wildman–Crippen MR) is 96.2 cm³/mol. The monoisotopic (exact) mass is 379 g/mol. The van der Waals surface area contributed by atoms with Crippen molar-refractivity contribution in [2.75, 3.05) is 6.61 Å². The highest BCUT2D eigenvalue weighted by molar-refractivity contribution is 7.71. The maximum absolute atomic E-state index is 12.9. The Morgan fingerprint density at radius 2 is 1.92 bits per heavy atom. The molecular formula is C15H18BN3O6S. The standard InChI is InChI=1S/C15H18BN3O6S/c1-9(2)23-6-5-18-10-3-4-17-7-24-13(21)16-14(22)25-8-19(15(18)26)12(20)11(10)17/h3-4,9,16H,5-8H2,1-2H3. The number of cyclic esters (lactones) is 2. The Kier molecular flexibility index (Phi) is 5.28. The third kappa shape index (κ3) is 3.58. The summed E-state index contributed by atoms with van der Waals surface area (Å²) in [5.41, 5.74) is 0.501. The molecule has 9 nitrogen and oxygen atoms in total. The molecule has 0 spiro atoms. The van der Waals surface area contributed by atoms with E-state index in [0.717, 1.165) is 0 Å². The van der Waals surface area contributed by atoms with E-state index >= 15 is 0 Å². The van der Waals surface area contributed by atoms with E-state index < -0.39 is 24.6 Å². The molecule has 2 bridgehead atoms. The number of rotatable bonds is 4. The number of carbonyl (C=O) groups is 2. The van der Waals surface area contributed by atoms with Gasteiger partial charge in [0.05, 0.1) is 18.2 Å². The van der Waals surface area contributed by atoms with E-state index in [1.54, 1.807) is 16.8 Å². The number of carbonyl (C=O) groups excluding carboxylic acids is 2. The van der Waals surface area contributed by atoms with Crippen LogP contribution in [0.25, 0.3) is 11.0 Å². The Bertz CT molecular complexity index is 976. The highest BCUT2D eigenvalue weighted by Gasteiger charge is 2.21. The molecule has 2 aromatic rings. The molecule has 0 radical (unpaired) electrons. The molecule has 0 N–H and O–H groups in total. The minimum Gasteiger partial charge on any atom is -0.452 e. The van der Waals surface area contributed by atoms with Gasteiger partial charge in [0.25, 0.3) is 17.3 Å². The van der Waals surface area contributed by atoms with Crippen molar-refractivity contribution in [3.05, 3.63) is 27.4 Å². The normalized spacial score (nSPS) is 14.9. The van der Waals surface area contributed by atoms with Gasteiger partial charge in [0, 0.05) is 12.7 Å². The van der Waals surface area contributed by atoms with E-state index in [-0.39, 0.29) is 24.3 Å². The maximum atomic E-state index is 12.9. The first kappa shape index (κ1) is 18.4. The first-order chi connectivity index (χ1) is 12.4. The molecule has 0 fully saturated rings. The van der Waals surface area contributed by atoms with E-state index in [1.165, 1.54) is 9.13 Å². The van der Waals surface area contributed by atoms with Gasteiger partial charge in [-0.1, -0.05) is 0 Å². The van der Waals surface area contributed by atoms with Crippen molar-refractivity contribution in [3.63, 3.8) is 0 Å². The van der Waals surface area contributed by atoms with E-state index in [9.17, 15) is 14.4 Å². The van der Waals surface area contributed by atoms with Crippen LogP contribution in [0.15, 0.2) is 17.1 Å². The molecule has 11 heteroatoms. The third-order valence-electron chi connectivity index (χ3n) is 3.92. The largest absolute Gasteiger partial charge is 0.452 e. The first-order valence-electron chi connectivity index (χ1n) is 8.14. The molecule has 0 atom stereocenters. The lowest BCUT2D eigenvalue weighted by Gasteiger charge is -2.15. The van der Waals surface area contributed by atoms with Crippen LogP contribution in [0.3, 0.4) is 0 Å². The van der Waals surface area contributed by atoms with E-state index in [1.807, 2.05) is 13.8 Å². The van der Waals surface area contributed by atoms with Crippen LogP contribution in [-0.4, -0.2) is 45.4 Å². The van der Waals surface area contributed by atoms with Crippen LogP contribution in [-0.2, 0) is 34.2 Å². The van der Waals surface area contributed by atoms with Crippen molar-refractivity contribution in [1.82, 2.24) is 13.7 Å². The van der Waals surface area contributed by atoms with Crippen LogP contribution < -0.4 is 5.56 Å². The molecule has 2 aromatic heterocycles. The molecular weight excluding hydrogens is 361 g/mol. The fourth-order valence-electron chi connectivity index (χ4n) is 2.69. The quantitative estimate of drug-likeness (QED) is 0.586. The van der Waals surface area contributed by atoms with Gasteiger partial charge in [-0.3, -0.25) is 14.4 Å². The lowest BCUT2D eigenvalue weighted by Crippen LogP contribution is -2.29. The first-order valence-corrected chi connectivity index (χ1v) is 8.54.